The molecule has 6 amide bonds. The van der Waals surface area contributed by atoms with Crippen LogP contribution in [0, 0.1) is 0 Å². The van der Waals surface area contributed by atoms with Crippen molar-refractivity contribution in [3.63, 3.8) is 0 Å². The summed E-state index contributed by atoms with van der Waals surface area (Å²) in [6.07, 6.45) is 3.19. The molecule has 0 aliphatic heterocycles. The number of carbonyl (C=O) groups is 6. The molecule has 0 aliphatic carbocycles. The SMILES string of the molecule is CC(=O)NCNC(=O)OCOC(=O)NCNC(C)=O.CCCCC(=O)NCNC(=O)CCCC. The van der Waals surface area contributed by atoms with Crippen molar-refractivity contribution >= 4 is 35.8 Å². The molecule has 0 aromatic carbocycles. The number of hydrogen-bond donors (Lipinski definition) is 6. The van der Waals surface area contributed by atoms with Gasteiger partial charge in [-0.15, -0.1) is 0 Å². The highest BCUT2D eigenvalue weighted by Crippen LogP contribution is 1.93. The molecule has 0 radical (unpaired) electrons. The third-order valence-corrected chi connectivity index (χ3v) is 3.61. The van der Waals surface area contributed by atoms with Gasteiger partial charge in [-0.2, -0.15) is 0 Å². The van der Waals surface area contributed by atoms with Crippen LogP contribution in [0.3, 0.4) is 0 Å². The van der Waals surface area contributed by atoms with Gasteiger partial charge in [-0.1, -0.05) is 26.7 Å². The maximum atomic E-state index is 11.1. The summed E-state index contributed by atoms with van der Waals surface area (Å²) in [5, 5.41) is 14.3. The molecule has 34 heavy (non-hydrogen) atoms. The summed E-state index contributed by atoms with van der Waals surface area (Å²) in [7, 11) is 0. The Morgan fingerprint density at radius 1 is 0.559 bits per heavy atom. The zero-order valence-corrected chi connectivity index (χ0v) is 20.3. The lowest BCUT2D eigenvalue weighted by atomic mass is 10.2. The van der Waals surface area contributed by atoms with Crippen molar-refractivity contribution in [2.45, 2.75) is 66.2 Å². The Labute approximate surface area is 199 Å². The Morgan fingerprint density at radius 2 is 0.912 bits per heavy atom. The van der Waals surface area contributed by atoms with Crippen molar-refractivity contribution in [1.29, 1.82) is 0 Å². The summed E-state index contributed by atoms with van der Waals surface area (Å²) in [6, 6.07) is 0. The second-order valence-electron chi connectivity index (χ2n) is 6.74. The third-order valence-electron chi connectivity index (χ3n) is 3.61. The first-order chi connectivity index (χ1) is 16.1. The number of carbonyl (C=O) groups excluding carboxylic acids is 6. The average molecular weight is 491 g/mol. The van der Waals surface area contributed by atoms with Gasteiger partial charge in [-0.25, -0.2) is 9.59 Å². The highest BCUT2D eigenvalue weighted by atomic mass is 16.7. The molecule has 0 aromatic rings. The third kappa shape index (κ3) is 26.5. The zero-order chi connectivity index (χ0) is 26.2. The van der Waals surface area contributed by atoms with E-state index in [-0.39, 0.29) is 43.6 Å². The van der Waals surface area contributed by atoms with Gasteiger partial charge in [-0.05, 0) is 12.8 Å². The van der Waals surface area contributed by atoms with E-state index in [1.165, 1.54) is 13.8 Å². The van der Waals surface area contributed by atoms with E-state index < -0.39 is 19.0 Å². The average Bonchev–Trinajstić information content (AvgIpc) is 2.76. The van der Waals surface area contributed by atoms with Crippen molar-refractivity contribution in [3.05, 3.63) is 0 Å². The molecule has 0 bridgehead atoms. The van der Waals surface area contributed by atoms with Crippen LogP contribution in [0.2, 0.25) is 0 Å². The molecule has 0 heterocycles. The number of hydrogen-bond acceptors (Lipinski definition) is 8. The Bertz CT molecular complexity index is 593. The Kier molecular flexibility index (Phi) is 21.7. The quantitative estimate of drug-likeness (QED) is 0.185. The second-order valence-corrected chi connectivity index (χ2v) is 6.74. The van der Waals surface area contributed by atoms with Crippen LogP contribution in [0.4, 0.5) is 9.59 Å². The summed E-state index contributed by atoms with van der Waals surface area (Å²) in [5.41, 5.74) is 0. The van der Waals surface area contributed by atoms with E-state index in [0.29, 0.717) is 12.8 Å². The highest BCUT2D eigenvalue weighted by Gasteiger charge is 2.05. The molecule has 0 atom stereocenters. The smallest absolute Gasteiger partial charge is 0.411 e. The lowest BCUT2D eigenvalue weighted by Crippen LogP contribution is -2.38. The number of alkyl carbamates (subject to hydrolysis) is 2. The molecule has 14 nitrogen and oxygen atoms in total. The van der Waals surface area contributed by atoms with E-state index in [9.17, 15) is 28.8 Å². The normalized spacial score (nSPS) is 9.29. The fourth-order valence-electron chi connectivity index (χ4n) is 1.81. The fourth-order valence-corrected chi connectivity index (χ4v) is 1.81. The predicted octanol–water partition coefficient (Wildman–Crippen LogP) is 0.140. The van der Waals surface area contributed by atoms with Crippen molar-refractivity contribution < 1.29 is 38.2 Å². The summed E-state index contributed by atoms with van der Waals surface area (Å²) >= 11 is 0. The van der Waals surface area contributed by atoms with Crippen LogP contribution >= 0.6 is 0 Å². The van der Waals surface area contributed by atoms with E-state index in [2.05, 4.69) is 41.4 Å². The number of amides is 6. The molecular weight excluding hydrogens is 452 g/mol. The Hall–Kier alpha value is -3.58. The van der Waals surface area contributed by atoms with E-state index in [4.69, 9.17) is 0 Å². The van der Waals surface area contributed by atoms with Crippen molar-refractivity contribution in [1.82, 2.24) is 31.9 Å². The Morgan fingerprint density at radius 3 is 1.24 bits per heavy atom. The molecule has 0 rings (SSSR count). The van der Waals surface area contributed by atoms with Gasteiger partial charge in [0, 0.05) is 26.7 Å². The van der Waals surface area contributed by atoms with Crippen LogP contribution in [-0.4, -0.2) is 62.6 Å². The molecule has 0 aromatic heterocycles. The number of unbranched alkanes of at least 4 members (excludes halogenated alkanes) is 2. The lowest BCUT2D eigenvalue weighted by Gasteiger charge is -2.09. The van der Waals surface area contributed by atoms with E-state index in [1.807, 2.05) is 13.8 Å². The molecule has 0 spiro atoms. The first-order valence-corrected chi connectivity index (χ1v) is 11.0. The van der Waals surface area contributed by atoms with Gasteiger partial charge in [0.1, 0.15) is 0 Å². The summed E-state index contributed by atoms with van der Waals surface area (Å²) in [5.74, 6) is -0.608. The first kappa shape index (κ1) is 32.6. The van der Waals surface area contributed by atoms with Gasteiger partial charge < -0.3 is 41.4 Å². The van der Waals surface area contributed by atoms with Crippen LogP contribution in [-0.2, 0) is 28.7 Å². The molecule has 14 heteroatoms. The number of nitrogens with one attached hydrogen (secondary N) is 6. The van der Waals surface area contributed by atoms with Crippen LogP contribution in [0.25, 0.3) is 0 Å². The van der Waals surface area contributed by atoms with Crippen molar-refractivity contribution in [3.8, 4) is 0 Å². The van der Waals surface area contributed by atoms with Crippen molar-refractivity contribution in [2.24, 2.45) is 0 Å². The lowest BCUT2D eigenvalue weighted by molar-refractivity contribution is -0.123. The van der Waals surface area contributed by atoms with Gasteiger partial charge >= 0.3 is 12.2 Å². The van der Waals surface area contributed by atoms with Gasteiger partial charge in [0.25, 0.3) is 0 Å². The largest absolute Gasteiger partial charge is 0.412 e. The molecule has 0 fully saturated rings. The monoisotopic (exact) mass is 490 g/mol. The van der Waals surface area contributed by atoms with E-state index >= 15 is 0 Å². The van der Waals surface area contributed by atoms with Gasteiger partial charge in [0.05, 0.1) is 20.0 Å². The highest BCUT2D eigenvalue weighted by molar-refractivity contribution is 5.78. The minimum atomic E-state index is -0.858. The van der Waals surface area contributed by atoms with Crippen LogP contribution in [0.5, 0.6) is 0 Å². The summed E-state index contributed by atoms with van der Waals surface area (Å²) < 4.78 is 8.90. The van der Waals surface area contributed by atoms with Crippen LogP contribution in [0.15, 0.2) is 0 Å². The molecule has 0 saturated heterocycles. The number of rotatable bonds is 14. The maximum absolute atomic E-state index is 11.1. The summed E-state index contributed by atoms with van der Waals surface area (Å²) in [6.45, 7) is 6.12. The minimum Gasteiger partial charge on any atom is -0.412 e. The molecule has 0 aliphatic rings. The first-order valence-electron chi connectivity index (χ1n) is 11.0. The van der Waals surface area contributed by atoms with Gasteiger partial charge in [0.2, 0.25) is 30.4 Å². The van der Waals surface area contributed by atoms with E-state index in [1.54, 1.807) is 0 Å². The topological polar surface area (TPSA) is 193 Å². The van der Waals surface area contributed by atoms with Crippen LogP contribution < -0.4 is 31.9 Å². The van der Waals surface area contributed by atoms with E-state index in [0.717, 1.165) is 25.7 Å². The molecule has 0 saturated carbocycles. The molecule has 0 unspecified atom stereocenters. The zero-order valence-electron chi connectivity index (χ0n) is 20.3. The molecular formula is C20H38N6O8. The second kappa shape index (κ2) is 22.6. The summed E-state index contributed by atoms with van der Waals surface area (Å²) in [4.78, 5) is 65.1. The standard InChI is InChI=1S/C11H22N2O2.C9H16N4O6/c1-3-5-7-10(14)12-9-13-11(15)8-6-4-2;1-6(14)10-3-12-8(16)18-5-19-9(17)13-4-11-7(2)15/h3-9H2,1-2H3,(H,12,14)(H,13,15);3-5H2,1-2H3,(H,10,14)(H,11,15)(H,12,16)(H,13,17). The van der Waals surface area contributed by atoms with Gasteiger partial charge in [-0.3, -0.25) is 19.2 Å². The molecule has 6 N–H and O–H groups in total. The predicted molar refractivity (Wildman–Crippen MR) is 122 cm³/mol. The Balaban J connectivity index is 0. The number of ether oxygens (including phenoxy) is 2. The van der Waals surface area contributed by atoms with Crippen molar-refractivity contribution in [2.75, 3.05) is 26.8 Å². The minimum absolute atomic E-state index is 0.00708. The fraction of sp³-hybridized carbons (Fsp3) is 0.700. The van der Waals surface area contributed by atoms with Crippen LogP contribution in [0.1, 0.15) is 66.2 Å². The maximum Gasteiger partial charge on any atom is 0.411 e. The van der Waals surface area contributed by atoms with Gasteiger partial charge in [0.15, 0.2) is 0 Å². The molecule has 196 valence electrons.